The van der Waals surface area contributed by atoms with E-state index in [1.165, 1.54) is 27.4 Å². The molecule has 0 N–H and O–H groups in total. The Hall–Kier alpha value is -6.20. The van der Waals surface area contributed by atoms with E-state index >= 15 is 0 Å². The Bertz CT molecular complexity index is 2780. The number of benzene rings is 5. The Balaban J connectivity index is 1.12. The number of fused-ring (bicyclic) bond motifs is 9. The van der Waals surface area contributed by atoms with Gasteiger partial charge in [0.25, 0.3) is 0 Å². The van der Waals surface area contributed by atoms with Crippen molar-refractivity contribution in [2.45, 2.75) is 0 Å². The molecule has 0 saturated heterocycles. The summed E-state index contributed by atoms with van der Waals surface area (Å²) in [5.74, 6) is 0. The van der Waals surface area contributed by atoms with E-state index in [2.05, 4.69) is 118 Å². The highest BCUT2D eigenvalue weighted by Gasteiger charge is 2.16. The molecule has 10 aromatic rings. The maximum Gasteiger partial charge on any atom is 0.138 e. The summed E-state index contributed by atoms with van der Waals surface area (Å²) in [6, 6.07) is 40.8. The first-order chi connectivity index (χ1) is 22.3. The van der Waals surface area contributed by atoms with Crippen molar-refractivity contribution in [1.29, 1.82) is 0 Å². The number of nitrogens with zero attached hydrogens (tertiary/aromatic N) is 3. The minimum Gasteiger partial charge on any atom is -0.456 e. The predicted molar refractivity (Wildman–Crippen MR) is 182 cm³/mol. The third-order valence-corrected chi connectivity index (χ3v) is 8.99. The van der Waals surface area contributed by atoms with Gasteiger partial charge in [0.05, 0.1) is 11.0 Å². The molecular weight excluding hydrogens is 554 g/mol. The quantitative estimate of drug-likeness (QED) is 0.210. The van der Waals surface area contributed by atoms with Crippen LogP contribution < -0.4 is 0 Å². The van der Waals surface area contributed by atoms with Gasteiger partial charge < -0.3 is 13.4 Å². The molecule has 0 amide bonds. The van der Waals surface area contributed by atoms with Crippen molar-refractivity contribution in [3.63, 3.8) is 0 Å². The summed E-state index contributed by atoms with van der Waals surface area (Å²) in [5.41, 5.74) is 11.5. The summed E-state index contributed by atoms with van der Waals surface area (Å²) >= 11 is 0. The zero-order chi connectivity index (χ0) is 29.5. The van der Waals surface area contributed by atoms with Crippen LogP contribution >= 0.6 is 0 Å². The maximum atomic E-state index is 6.09. The largest absolute Gasteiger partial charge is 0.456 e. The van der Waals surface area contributed by atoms with Crippen molar-refractivity contribution in [3.8, 4) is 27.9 Å². The molecule has 0 radical (unpaired) electrons. The van der Waals surface area contributed by atoms with Crippen LogP contribution in [0.1, 0.15) is 0 Å². The van der Waals surface area contributed by atoms with E-state index in [9.17, 15) is 0 Å². The molecule has 5 aromatic carbocycles. The van der Waals surface area contributed by atoms with Gasteiger partial charge in [-0.25, -0.2) is 0 Å². The lowest BCUT2D eigenvalue weighted by molar-refractivity contribution is 0.668. The molecule has 210 valence electrons. The molecule has 0 aliphatic heterocycles. The van der Waals surface area contributed by atoms with Crippen LogP contribution in [0.5, 0.6) is 0 Å². The first-order valence-corrected chi connectivity index (χ1v) is 15.0. The number of pyridine rings is 2. The van der Waals surface area contributed by atoms with Crippen LogP contribution in [-0.2, 0) is 0 Å². The molecule has 10 rings (SSSR count). The number of furan rings is 2. The van der Waals surface area contributed by atoms with Crippen LogP contribution in [0.2, 0.25) is 0 Å². The van der Waals surface area contributed by atoms with Gasteiger partial charge in [0.2, 0.25) is 0 Å². The van der Waals surface area contributed by atoms with Crippen molar-refractivity contribution in [2.24, 2.45) is 0 Å². The number of hydrogen-bond donors (Lipinski definition) is 0. The molecule has 5 aromatic heterocycles. The van der Waals surface area contributed by atoms with Crippen LogP contribution in [0.25, 0.3) is 93.6 Å². The second-order valence-corrected chi connectivity index (χ2v) is 11.5. The van der Waals surface area contributed by atoms with E-state index in [-0.39, 0.29) is 0 Å². The van der Waals surface area contributed by atoms with E-state index in [0.717, 1.165) is 66.2 Å². The van der Waals surface area contributed by atoms with Crippen LogP contribution in [0.15, 0.2) is 149 Å². The third-order valence-electron chi connectivity index (χ3n) is 8.99. The molecule has 0 saturated carbocycles. The van der Waals surface area contributed by atoms with E-state index in [1.807, 2.05) is 24.5 Å². The highest BCUT2D eigenvalue weighted by atomic mass is 16.3. The van der Waals surface area contributed by atoms with Gasteiger partial charge in [0.1, 0.15) is 22.3 Å². The second kappa shape index (κ2) is 9.15. The van der Waals surface area contributed by atoms with Gasteiger partial charge >= 0.3 is 0 Å². The Labute approximate surface area is 256 Å². The van der Waals surface area contributed by atoms with Crippen LogP contribution in [-0.4, -0.2) is 14.5 Å². The number of rotatable bonds is 3. The van der Waals surface area contributed by atoms with E-state index in [1.54, 1.807) is 12.4 Å². The lowest BCUT2D eigenvalue weighted by atomic mass is 9.97. The van der Waals surface area contributed by atoms with Crippen molar-refractivity contribution in [3.05, 3.63) is 140 Å². The molecule has 5 nitrogen and oxygen atoms in total. The maximum absolute atomic E-state index is 6.09. The Morgan fingerprint density at radius 3 is 1.73 bits per heavy atom. The smallest absolute Gasteiger partial charge is 0.138 e. The normalized spacial score (nSPS) is 12.0. The highest BCUT2D eigenvalue weighted by Crippen LogP contribution is 2.38. The minimum absolute atomic E-state index is 0.848. The molecule has 0 aliphatic rings. The van der Waals surface area contributed by atoms with Gasteiger partial charge in [-0.05, 0) is 89.0 Å². The van der Waals surface area contributed by atoms with E-state index in [4.69, 9.17) is 8.83 Å². The topological polar surface area (TPSA) is 57.0 Å². The average molecular weight is 578 g/mol. The van der Waals surface area contributed by atoms with Gasteiger partial charge in [-0.1, -0.05) is 48.5 Å². The standard InChI is InChI=1S/C40H23N3O2/c1-2-7-35-29(6-1)30-19-26(8-11-36(30)43(35)28-10-13-38-32(21-28)34-23-42-17-15-40(34)45-38)24-4-3-5-25(18-24)27-9-12-37-31(20-27)33-22-41-16-14-39(33)44-37/h1-23H. The molecular formula is C40H23N3O2. The minimum atomic E-state index is 0.848. The summed E-state index contributed by atoms with van der Waals surface area (Å²) in [5, 5.41) is 6.63. The summed E-state index contributed by atoms with van der Waals surface area (Å²) in [7, 11) is 0. The molecule has 0 unspecified atom stereocenters. The first-order valence-electron chi connectivity index (χ1n) is 15.0. The SMILES string of the molecule is c1cc(-c2ccc3oc4ccncc4c3c2)cc(-c2ccc3c(c2)c2ccccc2n3-c2ccc3oc4ccncc4c3c2)c1. The van der Waals surface area contributed by atoms with Crippen LogP contribution in [0.3, 0.4) is 0 Å². The molecule has 0 atom stereocenters. The summed E-state index contributed by atoms with van der Waals surface area (Å²) < 4.78 is 14.5. The number of hydrogen-bond acceptors (Lipinski definition) is 4. The van der Waals surface area contributed by atoms with Crippen molar-refractivity contribution >= 4 is 65.7 Å². The zero-order valence-corrected chi connectivity index (χ0v) is 23.9. The average Bonchev–Trinajstić information content (AvgIpc) is 3.77. The summed E-state index contributed by atoms with van der Waals surface area (Å²) in [6.07, 6.45) is 7.29. The zero-order valence-electron chi connectivity index (χ0n) is 23.9. The predicted octanol–water partition coefficient (Wildman–Crippen LogP) is 10.7. The van der Waals surface area contributed by atoms with Gasteiger partial charge in [-0.3, -0.25) is 9.97 Å². The summed E-state index contributed by atoms with van der Waals surface area (Å²) in [4.78, 5) is 8.65. The number of aromatic nitrogens is 3. The summed E-state index contributed by atoms with van der Waals surface area (Å²) in [6.45, 7) is 0. The highest BCUT2D eigenvalue weighted by molar-refractivity contribution is 6.12. The van der Waals surface area contributed by atoms with Gasteiger partial charge in [-0.2, -0.15) is 0 Å². The molecule has 45 heavy (non-hydrogen) atoms. The van der Waals surface area contributed by atoms with Gasteiger partial charge in [0, 0.05) is 62.8 Å². The number of para-hydroxylation sites is 1. The molecule has 0 fully saturated rings. The Morgan fingerprint density at radius 2 is 0.978 bits per heavy atom. The monoisotopic (exact) mass is 577 g/mol. The Morgan fingerprint density at radius 1 is 0.400 bits per heavy atom. The van der Waals surface area contributed by atoms with Crippen LogP contribution in [0, 0.1) is 0 Å². The fraction of sp³-hybridized carbons (Fsp3) is 0. The lowest BCUT2D eigenvalue weighted by Crippen LogP contribution is -1.93. The second-order valence-electron chi connectivity index (χ2n) is 11.5. The molecule has 5 heterocycles. The molecule has 0 spiro atoms. The molecule has 0 bridgehead atoms. The molecule has 5 heteroatoms. The fourth-order valence-corrected chi connectivity index (χ4v) is 6.86. The van der Waals surface area contributed by atoms with Crippen molar-refractivity contribution in [2.75, 3.05) is 0 Å². The van der Waals surface area contributed by atoms with Gasteiger partial charge in [-0.15, -0.1) is 0 Å². The first kappa shape index (κ1) is 24.3. The molecule has 0 aliphatic carbocycles. The fourth-order valence-electron chi connectivity index (χ4n) is 6.86. The van der Waals surface area contributed by atoms with E-state index < -0.39 is 0 Å². The Kier molecular flexibility index (Phi) is 4.93. The van der Waals surface area contributed by atoms with Crippen LogP contribution in [0.4, 0.5) is 0 Å². The van der Waals surface area contributed by atoms with E-state index in [0.29, 0.717) is 0 Å². The van der Waals surface area contributed by atoms with Crippen molar-refractivity contribution < 1.29 is 8.83 Å². The third kappa shape index (κ3) is 3.61. The lowest BCUT2D eigenvalue weighted by Gasteiger charge is -2.09. The van der Waals surface area contributed by atoms with Gasteiger partial charge in [0.15, 0.2) is 0 Å². The van der Waals surface area contributed by atoms with Crippen molar-refractivity contribution in [1.82, 2.24) is 14.5 Å².